The highest BCUT2D eigenvalue weighted by atomic mass is 32.2. The van der Waals surface area contributed by atoms with Crippen molar-refractivity contribution in [1.82, 2.24) is 4.72 Å². The SMILES string of the molecule is CCc1ccc(C(=O)NS(=O)(=O)CC)cc1. The second-order valence-electron chi connectivity index (χ2n) is 3.39. The van der Waals surface area contributed by atoms with E-state index in [4.69, 9.17) is 0 Å². The van der Waals surface area contributed by atoms with Gasteiger partial charge in [-0.1, -0.05) is 19.1 Å². The summed E-state index contributed by atoms with van der Waals surface area (Å²) in [5.74, 6) is -0.685. The molecule has 0 saturated heterocycles. The summed E-state index contributed by atoms with van der Waals surface area (Å²) in [6.45, 7) is 3.49. The molecule has 0 unspecified atom stereocenters. The third-order valence-corrected chi connectivity index (χ3v) is 3.51. The Morgan fingerprint density at radius 1 is 1.19 bits per heavy atom. The van der Waals surface area contributed by atoms with Gasteiger partial charge in [-0.05, 0) is 31.0 Å². The molecule has 0 saturated carbocycles. The van der Waals surface area contributed by atoms with Crippen LogP contribution in [0.5, 0.6) is 0 Å². The number of carbonyl (C=O) groups is 1. The number of benzene rings is 1. The lowest BCUT2D eigenvalue weighted by Crippen LogP contribution is -2.31. The molecular formula is C11H15NO3S. The molecule has 1 aromatic carbocycles. The van der Waals surface area contributed by atoms with Crippen molar-refractivity contribution in [3.8, 4) is 0 Å². The minimum atomic E-state index is -3.48. The van der Waals surface area contributed by atoms with Crippen molar-refractivity contribution < 1.29 is 13.2 Å². The van der Waals surface area contributed by atoms with Crippen LogP contribution in [0.2, 0.25) is 0 Å². The third-order valence-electron chi connectivity index (χ3n) is 2.25. The van der Waals surface area contributed by atoms with Crippen molar-refractivity contribution in [3.05, 3.63) is 35.4 Å². The van der Waals surface area contributed by atoms with E-state index in [-0.39, 0.29) is 5.75 Å². The van der Waals surface area contributed by atoms with Gasteiger partial charge in [-0.25, -0.2) is 13.1 Å². The van der Waals surface area contributed by atoms with Crippen molar-refractivity contribution in [2.45, 2.75) is 20.3 Å². The fourth-order valence-corrected chi connectivity index (χ4v) is 1.71. The van der Waals surface area contributed by atoms with E-state index in [0.29, 0.717) is 5.56 Å². The molecular weight excluding hydrogens is 226 g/mol. The van der Waals surface area contributed by atoms with Gasteiger partial charge >= 0.3 is 0 Å². The molecule has 0 aliphatic rings. The fraction of sp³-hybridized carbons (Fsp3) is 0.364. The molecule has 16 heavy (non-hydrogen) atoms. The van der Waals surface area contributed by atoms with Crippen molar-refractivity contribution in [3.63, 3.8) is 0 Å². The Balaban J connectivity index is 2.81. The second kappa shape index (κ2) is 5.12. The molecule has 1 N–H and O–H groups in total. The zero-order chi connectivity index (χ0) is 12.2. The number of carbonyl (C=O) groups excluding carboxylic acids is 1. The van der Waals surface area contributed by atoms with Crippen LogP contribution in [0.1, 0.15) is 29.8 Å². The molecule has 0 spiro atoms. The van der Waals surface area contributed by atoms with Gasteiger partial charge in [0.25, 0.3) is 5.91 Å². The highest BCUT2D eigenvalue weighted by molar-refractivity contribution is 7.90. The number of aryl methyl sites for hydroxylation is 1. The molecule has 0 fully saturated rings. The van der Waals surface area contributed by atoms with Crippen LogP contribution in [-0.4, -0.2) is 20.1 Å². The number of amides is 1. The Labute approximate surface area is 95.7 Å². The standard InChI is InChI=1S/C11H15NO3S/c1-3-9-5-7-10(8-6-9)11(13)12-16(14,15)4-2/h5-8H,3-4H2,1-2H3,(H,12,13). The maximum Gasteiger partial charge on any atom is 0.264 e. The first-order chi connectivity index (χ1) is 7.48. The lowest BCUT2D eigenvalue weighted by atomic mass is 10.1. The third kappa shape index (κ3) is 3.34. The zero-order valence-corrected chi connectivity index (χ0v) is 10.2. The summed E-state index contributed by atoms with van der Waals surface area (Å²) >= 11 is 0. The van der Waals surface area contributed by atoms with Crippen LogP contribution >= 0.6 is 0 Å². The molecule has 0 atom stereocenters. The predicted molar refractivity (Wildman–Crippen MR) is 62.7 cm³/mol. The number of hydrogen-bond donors (Lipinski definition) is 1. The van der Waals surface area contributed by atoms with Crippen molar-refractivity contribution in [2.75, 3.05) is 5.75 Å². The van der Waals surface area contributed by atoms with Gasteiger partial charge in [-0.3, -0.25) is 4.79 Å². The Hall–Kier alpha value is -1.36. The average Bonchev–Trinajstić information content (AvgIpc) is 2.28. The Kier molecular flexibility index (Phi) is 4.06. The summed E-state index contributed by atoms with van der Waals surface area (Å²) < 4.78 is 24.3. The van der Waals surface area contributed by atoms with Crippen LogP contribution < -0.4 is 4.72 Å². The topological polar surface area (TPSA) is 63.2 Å². The van der Waals surface area contributed by atoms with Gasteiger partial charge in [0.15, 0.2) is 0 Å². The van der Waals surface area contributed by atoms with Crippen LogP contribution in [0.3, 0.4) is 0 Å². The lowest BCUT2D eigenvalue weighted by Gasteiger charge is -2.05. The summed E-state index contributed by atoms with van der Waals surface area (Å²) in [6, 6.07) is 6.87. The maximum absolute atomic E-state index is 11.5. The van der Waals surface area contributed by atoms with E-state index < -0.39 is 15.9 Å². The number of hydrogen-bond acceptors (Lipinski definition) is 3. The largest absolute Gasteiger partial charge is 0.268 e. The van der Waals surface area contributed by atoms with Crippen LogP contribution in [0, 0.1) is 0 Å². The number of rotatable bonds is 4. The van der Waals surface area contributed by atoms with Crippen LogP contribution in [-0.2, 0) is 16.4 Å². The van der Waals surface area contributed by atoms with Crippen LogP contribution in [0.4, 0.5) is 0 Å². The summed E-state index contributed by atoms with van der Waals surface area (Å²) in [5, 5.41) is 0. The molecule has 1 aromatic rings. The quantitative estimate of drug-likeness (QED) is 0.865. The minimum Gasteiger partial charge on any atom is -0.268 e. The second-order valence-corrected chi connectivity index (χ2v) is 5.40. The first kappa shape index (κ1) is 12.7. The van der Waals surface area contributed by atoms with E-state index in [1.54, 1.807) is 12.1 Å². The fourth-order valence-electron chi connectivity index (χ4n) is 1.16. The van der Waals surface area contributed by atoms with Crippen molar-refractivity contribution >= 4 is 15.9 Å². The van der Waals surface area contributed by atoms with Crippen molar-refractivity contribution in [1.29, 1.82) is 0 Å². The Morgan fingerprint density at radius 3 is 2.19 bits per heavy atom. The minimum absolute atomic E-state index is 0.105. The molecule has 0 aliphatic heterocycles. The van der Waals surface area contributed by atoms with E-state index in [1.165, 1.54) is 6.92 Å². The molecule has 0 heterocycles. The molecule has 5 heteroatoms. The summed E-state index contributed by atoms with van der Waals surface area (Å²) in [4.78, 5) is 11.5. The predicted octanol–water partition coefficient (Wildman–Crippen LogP) is 1.33. The van der Waals surface area contributed by atoms with Crippen LogP contribution in [0.15, 0.2) is 24.3 Å². The van der Waals surface area contributed by atoms with Crippen LogP contribution in [0.25, 0.3) is 0 Å². The molecule has 4 nitrogen and oxygen atoms in total. The Morgan fingerprint density at radius 2 is 1.75 bits per heavy atom. The highest BCUT2D eigenvalue weighted by Crippen LogP contribution is 2.05. The molecule has 0 bridgehead atoms. The van der Waals surface area contributed by atoms with E-state index in [0.717, 1.165) is 12.0 Å². The van der Waals surface area contributed by atoms with E-state index in [1.807, 2.05) is 23.8 Å². The first-order valence-corrected chi connectivity index (χ1v) is 6.77. The van der Waals surface area contributed by atoms with Gasteiger partial charge in [0, 0.05) is 5.56 Å². The summed E-state index contributed by atoms with van der Waals surface area (Å²) in [6.07, 6.45) is 0.884. The molecule has 1 amide bonds. The van der Waals surface area contributed by atoms with E-state index >= 15 is 0 Å². The van der Waals surface area contributed by atoms with Gasteiger partial charge in [0.2, 0.25) is 10.0 Å². The smallest absolute Gasteiger partial charge is 0.264 e. The highest BCUT2D eigenvalue weighted by Gasteiger charge is 2.13. The van der Waals surface area contributed by atoms with Gasteiger partial charge in [0.05, 0.1) is 5.75 Å². The van der Waals surface area contributed by atoms with Gasteiger partial charge in [-0.2, -0.15) is 0 Å². The molecule has 0 aliphatic carbocycles. The summed E-state index contributed by atoms with van der Waals surface area (Å²) in [7, 11) is -3.48. The van der Waals surface area contributed by atoms with Gasteiger partial charge in [0.1, 0.15) is 0 Å². The maximum atomic E-state index is 11.5. The first-order valence-electron chi connectivity index (χ1n) is 5.12. The molecule has 0 radical (unpaired) electrons. The normalized spacial score (nSPS) is 11.1. The van der Waals surface area contributed by atoms with Crippen molar-refractivity contribution in [2.24, 2.45) is 0 Å². The number of sulfonamides is 1. The summed E-state index contributed by atoms with van der Waals surface area (Å²) in [5.41, 5.74) is 1.46. The molecule has 0 aromatic heterocycles. The molecule has 88 valence electrons. The number of nitrogens with one attached hydrogen (secondary N) is 1. The van der Waals surface area contributed by atoms with Gasteiger partial charge < -0.3 is 0 Å². The monoisotopic (exact) mass is 241 g/mol. The molecule has 1 rings (SSSR count). The Bertz CT molecular complexity index is 463. The van der Waals surface area contributed by atoms with E-state index in [9.17, 15) is 13.2 Å². The average molecular weight is 241 g/mol. The van der Waals surface area contributed by atoms with E-state index in [2.05, 4.69) is 0 Å². The van der Waals surface area contributed by atoms with Gasteiger partial charge in [-0.15, -0.1) is 0 Å². The zero-order valence-electron chi connectivity index (χ0n) is 9.36. The lowest BCUT2D eigenvalue weighted by molar-refractivity contribution is 0.0981.